The van der Waals surface area contributed by atoms with Crippen LogP contribution in [0.3, 0.4) is 0 Å². The first-order valence-corrected chi connectivity index (χ1v) is 4.24. The number of nitriles is 1. The first kappa shape index (κ1) is 10.1. The number of carbonyl (C=O) groups is 1. The molecule has 0 atom stereocenters. The van der Waals surface area contributed by atoms with Crippen molar-refractivity contribution in [3.8, 4) is 6.07 Å². The molecule has 0 heterocycles. The van der Waals surface area contributed by atoms with Crippen molar-refractivity contribution < 1.29 is 4.79 Å². The number of hydrogen-bond acceptors (Lipinski definition) is 3. The lowest BCUT2D eigenvalue weighted by Crippen LogP contribution is -2.24. The van der Waals surface area contributed by atoms with Crippen LogP contribution in [0.2, 0.25) is 0 Å². The van der Waals surface area contributed by atoms with Gasteiger partial charge in [0, 0.05) is 17.8 Å². The van der Waals surface area contributed by atoms with E-state index in [0.29, 0.717) is 24.2 Å². The number of carbonyl (C=O) groups excluding carboxylic acids is 1. The first-order valence-electron chi connectivity index (χ1n) is 4.24. The van der Waals surface area contributed by atoms with Crippen LogP contribution in [0.1, 0.15) is 16.8 Å². The second-order valence-electron chi connectivity index (χ2n) is 2.79. The van der Waals surface area contributed by atoms with Crippen molar-refractivity contribution >= 4 is 11.6 Å². The Balaban J connectivity index is 2.57. The van der Waals surface area contributed by atoms with Crippen molar-refractivity contribution in [1.29, 1.82) is 5.26 Å². The zero-order valence-electron chi connectivity index (χ0n) is 7.66. The third-order valence-corrected chi connectivity index (χ3v) is 1.67. The number of amides is 1. The summed E-state index contributed by atoms with van der Waals surface area (Å²) in [6, 6.07) is 8.66. The van der Waals surface area contributed by atoms with E-state index in [1.807, 2.05) is 6.07 Å². The van der Waals surface area contributed by atoms with Gasteiger partial charge in [0.25, 0.3) is 5.91 Å². The van der Waals surface area contributed by atoms with Gasteiger partial charge in [0.05, 0.1) is 12.5 Å². The van der Waals surface area contributed by atoms with Gasteiger partial charge in [-0.2, -0.15) is 5.26 Å². The third-order valence-electron chi connectivity index (χ3n) is 1.67. The lowest BCUT2D eigenvalue weighted by Gasteiger charge is -2.02. The molecule has 0 bridgehead atoms. The minimum absolute atomic E-state index is 0.201. The Kier molecular flexibility index (Phi) is 3.50. The zero-order valence-corrected chi connectivity index (χ0v) is 7.66. The molecule has 14 heavy (non-hydrogen) atoms. The maximum absolute atomic E-state index is 11.4. The van der Waals surface area contributed by atoms with E-state index in [-0.39, 0.29) is 5.91 Å². The van der Waals surface area contributed by atoms with E-state index in [1.165, 1.54) is 0 Å². The van der Waals surface area contributed by atoms with Gasteiger partial charge in [-0.3, -0.25) is 4.79 Å². The molecular formula is C10H11N3O. The van der Waals surface area contributed by atoms with Crippen LogP contribution in [0.25, 0.3) is 0 Å². The number of nitrogen functional groups attached to an aromatic ring is 1. The summed E-state index contributed by atoms with van der Waals surface area (Å²) < 4.78 is 0. The average molecular weight is 189 g/mol. The summed E-state index contributed by atoms with van der Waals surface area (Å²) in [5.74, 6) is -0.201. The van der Waals surface area contributed by atoms with Crippen molar-refractivity contribution in [2.75, 3.05) is 12.3 Å². The molecule has 0 aromatic heterocycles. The molecule has 0 unspecified atom stereocenters. The topological polar surface area (TPSA) is 78.9 Å². The van der Waals surface area contributed by atoms with Gasteiger partial charge in [-0.25, -0.2) is 0 Å². The number of rotatable bonds is 3. The summed E-state index contributed by atoms with van der Waals surface area (Å²) in [5, 5.41) is 10.9. The fraction of sp³-hybridized carbons (Fsp3) is 0.200. The van der Waals surface area contributed by atoms with Crippen LogP contribution in [0.5, 0.6) is 0 Å². The van der Waals surface area contributed by atoms with Gasteiger partial charge in [0.2, 0.25) is 0 Å². The molecule has 1 aromatic rings. The molecule has 1 amide bonds. The molecule has 4 heteroatoms. The van der Waals surface area contributed by atoms with E-state index < -0.39 is 0 Å². The highest BCUT2D eigenvalue weighted by atomic mass is 16.1. The monoisotopic (exact) mass is 189 g/mol. The van der Waals surface area contributed by atoms with E-state index in [4.69, 9.17) is 11.0 Å². The maximum Gasteiger partial charge on any atom is 0.251 e. The largest absolute Gasteiger partial charge is 0.399 e. The molecule has 0 saturated carbocycles. The van der Waals surface area contributed by atoms with Gasteiger partial charge < -0.3 is 11.1 Å². The van der Waals surface area contributed by atoms with Crippen LogP contribution in [-0.2, 0) is 0 Å². The van der Waals surface area contributed by atoms with Crippen LogP contribution < -0.4 is 11.1 Å². The summed E-state index contributed by atoms with van der Waals surface area (Å²) in [4.78, 5) is 11.4. The second-order valence-corrected chi connectivity index (χ2v) is 2.79. The highest BCUT2D eigenvalue weighted by molar-refractivity contribution is 5.94. The SMILES string of the molecule is N#CCCNC(=O)c1cccc(N)c1. The summed E-state index contributed by atoms with van der Waals surface area (Å²) >= 11 is 0. The Bertz CT molecular complexity index is 368. The Hall–Kier alpha value is -2.02. The van der Waals surface area contributed by atoms with Crippen LogP contribution in [0.15, 0.2) is 24.3 Å². The van der Waals surface area contributed by atoms with Crippen molar-refractivity contribution in [1.82, 2.24) is 5.32 Å². The molecule has 0 aliphatic rings. The molecule has 0 aliphatic heterocycles. The number of nitrogens with one attached hydrogen (secondary N) is 1. The van der Waals surface area contributed by atoms with Crippen LogP contribution in [-0.4, -0.2) is 12.5 Å². The molecule has 1 rings (SSSR count). The Morgan fingerprint density at radius 2 is 2.36 bits per heavy atom. The average Bonchev–Trinajstić information content (AvgIpc) is 2.18. The summed E-state index contributed by atoms with van der Waals surface area (Å²) in [5.41, 5.74) is 6.59. The molecule has 0 spiro atoms. The lowest BCUT2D eigenvalue weighted by molar-refractivity contribution is 0.0954. The summed E-state index contributed by atoms with van der Waals surface area (Å²) in [6.45, 7) is 0.365. The molecule has 3 N–H and O–H groups in total. The van der Waals surface area contributed by atoms with Gasteiger partial charge >= 0.3 is 0 Å². The molecule has 1 aromatic carbocycles. The Labute approximate surface area is 82.3 Å². The van der Waals surface area contributed by atoms with Crippen molar-refractivity contribution in [2.24, 2.45) is 0 Å². The quantitative estimate of drug-likeness (QED) is 0.548. The number of benzene rings is 1. The summed E-state index contributed by atoms with van der Waals surface area (Å²) in [6.07, 6.45) is 0.314. The van der Waals surface area contributed by atoms with Crippen molar-refractivity contribution in [3.05, 3.63) is 29.8 Å². The number of nitrogens with two attached hydrogens (primary N) is 1. The van der Waals surface area contributed by atoms with E-state index in [0.717, 1.165) is 0 Å². The molecule has 0 fully saturated rings. The van der Waals surface area contributed by atoms with Gasteiger partial charge in [0.1, 0.15) is 0 Å². The molecule has 0 radical (unpaired) electrons. The maximum atomic E-state index is 11.4. The fourth-order valence-electron chi connectivity index (χ4n) is 1.01. The predicted molar refractivity (Wildman–Crippen MR) is 53.4 cm³/mol. The highest BCUT2D eigenvalue weighted by Gasteiger charge is 2.03. The molecule has 72 valence electrons. The van der Waals surface area contributed by atoms with Crippen molar-refractivity contribution in [3.63, 3.8) is 0 Å². The van der Waals surface area contributed by atoms with Gasteiger partial charge in [-0.15, -0.1) is 0 Å². The van der Waals surface area contributed by atoms with Gasteiger partial charge in [-0.1, -0.05) is 6.07 Å². The smallest absolute Gasteiger partial charge is 0.251 e. The minimum Gasteiger partial charge on any atom is -0.399 e. The number of nitrogens with zero attached hydrogens (tertiary/aromatic N) is 1. The molecular weight excluding hydrogens is 178 g/mol. The Morgan fingerprint density at radius 1 is 1.57 bits per heavy atom. The molecule has 4 nitrogen and oxygen atoms in total. The minimum atomic E-state index is -0.201. The van der Waals surface area contributed by atoms with Gasteiger partial charge in [0.15, 0.2) is 0 Å². The Morgan fingerprint density at radius 3 is 3.00 bits per heavy atom. The summed E-state index contributed by atoms with van der Waals surface area (Å²) in [7, 11) is 0. The highest BCUT2D eigenvalue weighted by Crippen LogP contribution is 2.05. The van der Waals surface area contributed by atoms with Crippen LogP contribution >= 0.6 is 0 Å². The number of anilines is 1. The van der Waals surface area contributed by atoms with Crippen LogP contribution in [0, 0.1) is 11.3 Å². The normalized spacial score (nSPS) is 9.07. The second kappa shape index (κ2) is 4.87. The van der Waals surface area contributed by atoms with Crippen molar-refractivity contribution in [2.45, 2.75) is 6.42 Å². The molecule has 0 aliphatic carbocycles. The van der Waals surface area contributed by atoms with E-state index in [1.54, 1.807) is 24.3 Å². The first-order chi connectivity index (χ1) is 6.74. The van der Waals surface area contributed by atoms with E-state index in [9.17, 15) is 4.79 Å². The zero-order chi connectivity index (χ0) is 10.4. The van der Waals surface area contributed by atoms with E-state index >= 15 is 0 Å². The molecule has 0 saturated heterocycles. The van der Waals surface area contributed by atoms with Gasteiger partial charge in [-0.05, 0) is 18.2 Å². The standard InChI is InChI=1S/C10H11N3O/c11-5-2-6-13-10(14)8-3-1-4-9(12)7-8/h1,3-4,7H,2,6,12H2,(H,13,14). The number of hydrogen-bond donors (Lipinski definition) is 2. The third kappa shape index (κ3) is 2.79. The van der Waals surface area contributed by atoms with E-state index in [2.05, 4.69) is 5.32 Å². The lowest BCUT2D eigenvalue weighted by atomic mass is 10.2. The van der Waals surface area contributed by atoms with Crippen LogP contribution in [0.4, 0.5) is 5.69 Å². The predicted octanol–water partition coefficient (Wildman–Crippen LogP) is 0.912. The fourth-order valence-corrected chi connectivity index (χ4v) is 1.01.